The van der Waals surface area contributed by atoms with Crippen molar-refractivity contribution in [3.8, 4) is 11.3 Å². The molecule has 4 aromatic rings. The number of aromatic nitrogens is 1. The van der Waals surface area contributed by atoms with Crippen LogP contribution in [0.1, 0.15) is 18.7 Å². The fourth-order valence-corrected chi connectivity index (χ4v) is 3.27. The molecule has 0 saturated heterocycles. The number of benzene rings is 2. The Morgan fingerprint density at radius 3 is 2.58 bits per heavy atom. The summed E-state index contributed by atoms with van der Waals surface area (Å²) in [6.07, 6.45) is 1.62. The summed E-state index contributed by atoms with van der Waals surface area (Å²) in [6.45, 7) is 2.17. The maximum absolute atomic E-state index is 12.7. The molecule has 0 aliphatic rings. The molecule has 0 unspecified atom stereocenters. The van der Waals surface area contributed by atoms with Crippen LogP contribution in [0.2, 0.25) is 0 Å². The first-order valence-electron chi connectivity index (χ1n) is 8.69. The van der Waals surface area contributed by atoms with Gasteiger partial charge >= 0.3 is 0 Å². The third-order valence-corrected chi connectivity index (χ3v) is 4.53. The molecule has 0 aliphatic carbocycles. The van der Waals surface area contributed by atoms with Crippen molar-refractivity contribution in [1.82, 2.24) is 9.88 Å². The highest BCUT2D eigenvalue weighted by Gasteiger charge is 2.16. The molecule has 2 aromatic heterocycles. The second-order valence-electron chi connectivity index (χ2n) is 6.35. The normalized spacial score (nSPS) is 12.2. The summed E-state index contributed by atoms with van der Waals surface area (Å²) in [5.74, 6) is 0.700. The summed E-state index contributed by atoms with van der Waals surface area (Å²) in [4.78, 5) is 12.7. The number of carbonyl (C=O) groups excluding carboxylic acids is 1. The molecule has 130 valence electrons. The Hall–Kier alpha value is -3.27. The molecule has 0 spiro atoms. The van der Waals surface area contributed by atoms with Crippen molar-refractivity contribution >= 4 is 16.8 Å². The van der Waals surface area contributed by atoms with Gasteiger partial charge < -0.3 is 14.3 Å². The molecule has 1 atom stereocenters. The van der Waals surface area contributed by atoms with E-state index in [4.69, 9.17) is 4.42 Å². The summed E-state index contributed by atoms with van der Waals surface area (Å²) in [5, 5.41) is 4.13. The molecule has 0 fully saturated rings. The molecule has 1 amide bonds. The van der Waals surface area contributed by atoms with Gasteiger partial charge in [-0.15, -0.1) is 0 Å². The van der Waals surface area contributed by atoms with Crippen LogP contribution in [0.3, 0.4) is 0 Å². The molecule has 0 bridgehead atoms. The molecule has 0 saturated carbocycles. The lowest BCUT2D eigenvalue weighted by atomic mass is 10.1. The molecule has 4 nitrogen and oxygen atoms in total. The third-order valence-electron chi connectivity index (χ3n) is 4.53. The van der Waals surface area contributed by atoms with Crippen LogP contribution < -0.4 is 5.32 Å². The van der Waals surface area contributed by atoms with Crippen molar-refractivity contribution in [2.45, 2.75) is 19.5 Å². The van der Waals surface area contributed by atoms with Crippen molar-refractivity contribution in [3.05, 3.63) is 84.8 Å². The maximum atomic E-state index is 12.7. The van der Waals surface area contributed by atoms with Gasteiger partial charge in [-0.2, -0.15) is 0 Å². The minimum atomic E-state index is -0.167. The first-order chi connectivity index (χ1) is 12.7. The van der Waals surface area contributed by atoms with Crippen LogP contribution >= 0.6 is 0 Å². The SMILES string of the molecule is C[C@@H](NC(=O)Cn1c(-c2ccccc2)cc2ccccc21)c1ccco1. The highest BCUT2D eigenvalue weighted by molar-refractivity contribution is 5.89. The van der Waals surface area contributed by atoms with Gasteiger partial charge in [0.15, 0.2) is 0 Å². The van der Waals surface area contributed by atoms with Crippen LogP contribution in [0.15, 0.2) is 83.5 Å². The van der Waals surface area contributed by atoms with Gasteiger partial charge in [-0.1, -0.05) is 48.5 Å². The highest BCUT2D eigenvalue weighted by atomic mass is 16.3. The van der Waals surface area contributed by atoms with Crippen molar-refractivity contribution in [3.63, 3.8) is 0 Å². The zero-order valence-electron chi connectivity index (χ0n) is 14.6. The second kappa shape index (κ2) is 6.92. The van der Waals surface area contributed by atoms with E-state index >= 15 is 0 Å². The molecule has 4 rings (SSSR count). The molecule has 2 aromatic carbocycles. The van der Waals surface area contributed by atoms with Crippen molar-refractivity contribution in [1.29, 1.82) is 0 Å². The average molecular weight is 344 g/mol. The molecule has 4 heteroatoms. The minimum absolute atomic E-state index is 0.0487. The number of hydrogen-bond acceptors (Lipinski definition) is 2. The van der Waals surface area contributed by atoms with Gasteiger partial charge in [-0.05, 0) is 36.8 Å². The summed E-state index contributed by atoms with van der Waals surface area (Å²) in [6, 6.07) is 23.9. The van der Waals surface area contributed by atoms with Crippen molar-refractivity contribution < 1.29 is 9.21 Å². The Labute approximate surface area is 152 Å². The molecule has 2 heterocycles. The van der Waals surface area contributed by atoms with Gasteiger partial charge in [0.1, 0.15) is 12.3 Å². The Bertz CT molecular complexity index is 1020. The van der Waals surface area contributed by atoms with E-state index < -0.39 is 0 Å². The molecule has 1 N–H and O–H groups in total. The predicted octanol–water partition coefficient (Wildman–Crippen LogP) is 4.78. The van der Waals surface area contributed by atoms with Gasteiger partial charge in [0, 0.05) is 16.6 Å². The monoisotopic (exact) mass is 344 g/mol. The lowest BCUT2D eigenvalue weighted by Gasteiger charge is -2.14. The maximum Gasteiger partial charge on any atom is 0.240 e. The molecule has 0 radical (unpaired) electrons. The van der Waals surface area contributed by atoms with Gasteiger partial charge in [0.25, 0.3) is 0 Å². The number of hydrogen-bond donors (Lipinski definition) is 1. The van der Waals surface area contributed by atoms with Crippen molar-refractivity contribution in [2.24, 2.45) is 0 Å². The smallest absolute Gasteiger partial charge is 0.240 e. The van der Waals surface area contributed by atoms with Gasteiger partial charge in [0.05, 0.1) is 12.3 Å². The van der Waals surface area contributed by atoms with Crippen LogP contribution in [-0.2, 0) is 11.3 Å². The summed E-state index contributed by atoms with van der Waals surface area (Å²) in [5.41, 5.74) is 3.18. The molecule has 0 aliphatic heterocycles. The fraction of sp³-hybridized carbons (Fsp3) is 0.136. The number of amides is 1. The third kappa shape index (κ3) is 3.14. The Balaban J connectivity index is 1.66. The van der Waals surface area contributed by atoms with E-state index in [1.54, 1.807) is 6.26 Å². The standard InChI is InChI=1S/C22H20N2O2/c1-16(21-12-7-13-26-21)23-22(25)15-24-19-11-6-5-10-18(19)14-20(24)17-8-3-2-4-9-17/h2-14,16H,15H2,1H3,(H,23,25)/t16-/m1/s1. The summed E-state index contributed by atoms with van der Waals surface area (Å²) in [7, 11) is 0. The summed E-state index contributed by atoms with van der Waals surface area (Å²) < 4.78 is 7.44. The lowest BCUT2D eigenvalue weighted by Crippen LogP contribution is -2.30. The van der Waals surface area contributed by atoms with Crippen LogP contribution in [0.4, 0.5) is 0 Å². The van der Waals surface area contributed by atoms with Crippen molar-refractivity contribution in [2.75, 3.05) is 0 Å². The quantitative estimate of drug-likeness (QED) is 0.566. The van der Waals surface area contributed by atoms with E-state index in [1.807, 2.05) is 55.5 Å². The van der Waals surface area contributed by atoms with Crippen LogP contribution in [0.25, 0.3) is 22.2 Å². The van der Waals surface area contributed by atoms with Crippen LogP contribution in [0.5, 0.6) is 0 Å². The highest BCUT2D eigenvalue weighted by Crippen LogP contribution is 2.28. The van der Waals surface area contributed by atoms with Crippen LogP contribution in [-0.4, -0.2) is 10.5 Å². The van der Waals surface area contributed by atoms with Crippen LogP contribution in [0, 0.1) is 0 Å². The minimum Gasteiger partial charge on any atom is -0.467 e. The number of nitrogens with one attached hydrogen (secondary N) is 1. The topological polar surface area (TPSA) is 47.2 Å². The number of carbonyl (C=O) groups is 1. The molecule has 26 heavy (non-hydrogen) atoms. The average Bonchev–Trinajstić information content (AvgIpc) is 3.31. The first-order valence-corrected chi connectivity index (χ1v) is 8.69. The van der Waals surface area contributed by atoms with Gasteiger partial charge in [-0.25, -0.2) is 0 Å². The molecular weight excluding hydrogens is 324 g/mol. The van der Waals surface area contributed by atoms with E-state index in [0.29, 0.717) is 0 Å². The van der Waals surface area contributed by atoms with E-state index in [2.05, 4.69) is 34.1 Å². The number of nitrogens with zero attached hydrogens (tertiary/aromatic N) is 1. The Morgan fingerprint density at radius 2 is 1.81 bits per heavy atom. The van der Waals surface area contributed by atoms with Gasteiger partial charge in [-0.3, -0.25) is 4.79 Å². The number of furan rings is 1. The van der Waals surface area contributed by atoms with E-state index in [0.717, 1.165) is 27.9 Å². The zero-order chi connectivity index (χ0) is 17.9. The summed E-state index contributed by atoms with van der Waals surface area (Å²) >= 11 is 0. The largest absolute Gasteiger partial charge is 0.467 e. The number of rotatable bonds is 5. The Morgan fingerprint density at radius 1 is 1.04 bits per heavy atom. The predicted molar refractivity (Wildman–Crippen MR) is 103 cm³/mol. The number of para-hydroxylation sites is 1. The Kier molecular flexibility index (Phi) is 4.32. The van der Waals surface area contributed by atoms with Gasteiger partial charge in [0.2, 0.25) is 5.91 Å². The van der Waals surface area contributed by atoms with E-state index in [-0.39, 0.29) is 18.5 Å². The van der Waals surface area contributed by atoms with E-state index in [1.165, 1.54) is 0 Å². The number of fused-ring (bicyclic) bond motifs is 1. The van der Waals surface area contributed by atoms with E-state index in [9.17, 15) is 4.79 Å². The first kappa shape index (κ1) is 16.2. The molecular formula is C22H20N2O2. The second-order valence-corrected chi connectivity index (χ2v) is 6.35. The fourth-order valence-electron chi connectivity index (χ4n) is 3.27. The zero-order valence-corrected chi connectivity index (χ0v) is 14.6. The lowest BCUT2D eigenvalue weighted by molar-refractivity contribution is -0.122.